The van der Waals surface area contributed by atoms with E-state index in [1.165, 1.54) is 16.9 Å². The number of rotatable bonds is 3. The molecule has 0 unspecified atom stereocenters. The van der Waals surface area contributed by atoms with E-state index in [1.807, 2.05) is 42.4 Å². The second-order valence-corrected chi connectivity index (χ2v) is 6.93. The highest BCUT2D eigenvalue weighted by Gasteiger charge is 2.13. The second-order valence-electron chi connectivity index (χ2n) is 5.95. The van der Waals surface area contributed by atoms with Crippen LogP contribution in [0.15, 0.2) is 47.7 Å². The van der Waals surface area contributed by atoms with E-state index in [9.17, 15) is 0 Å². The average Bonchev–Trinajstić information content (AvgIpc) is 3.35. The van der Waals surface area contributed by atoms with E-state index < -0.39 is 0 Å². The van der Waals surface area contributed by atoms with Crippen molar-refractivity contribution in [3.8, 4) is 10.6 Å². The molecule has 25 heavy (non-hydrogen) atoms. The summed E-state index contributed by atoms with van der Waals surface area (Å²) < 4.78 is 2.01. The van der Waals surface area contributed by atoms with Gasteiger partial charge in [0.05, 0.1) is 23.9 Å². The van der Waals surface area contributed by atoms with Gasteiger partial charge in [-0.25, -0.2) is 4.98 Å². The molecule has 1 aliphatic rings. The zero-order chi connectivity index (χ0) is 16.8. The molecule has 122 valence electrons. The standard InChI is InChI=1S/C18H14N6S/c1-24-10-20-16-14(3-2-4-15(16)24)17-22-23-18(25-17)21-13-6-5-11-8-19-9-12(11)7-13/h2-7,9-10H,8H2,1H3,(H,21,23). The third kappa shape index (κ3) is 2.40. The molecule has 0 aliphatic carbocycles. The number of imidazole rings is 1. The fraction of sp³-hybridized carbons (Fsp3) is 0.111. The third-order valence-electron chi connectivity index (χ3n) is 4.30. The lowest BCUT2D eigenvalue weighted by molar-refractivity contribution is 0.948. The van der Waals surface area contributed by atoms with Crippen LogP contribution in [0, 0.1) is 0 Å². The minimum atomic E-state index is 0.762. The van der Waals surface area contributed by atoms with Crippen molar-refractivity contribution in [2.75, 3.05) is 5.32 Å². The molecule has 2 aromatic carbocycles. The van der Waals surface area contributed by atoms with Crippen LogP contribution in [0.25, 0.3) is 21.6 Å². The smallest absolute Gasteiger partial charge is 0.210 e. The largest absolute Gasteiger partial charge is 0.334 e. The van der Waals surface area contributed by atoms with Gasteiger partial charge in [-0.1, -0.05) is 23.5 Å². The zero-order valence-corrected chi connectivity index (χ0v) is 14.3. The fourth-order valence-corrected chi connectivity index (χ4v) is 3.81. The van der Waals surface area contributed by atoms with Crippen molar-refractivity contribution in [3.05, 3.63) is 53.9 Å². The van der Waals surface area contributed by atoms with Gasteiger partial charge in [0.25, 0.3) is 0 Å². The van der Waals surface area contributed by atoms with E-state index in [-0.39, 0.29) is 0 Å². The van der Waals surface area contributed by atoms with E-state index in [4.69, 9.17) is 0 Å². The maximum atomic E-state index is 4.49. The maximum absolute atomic E-state index is 4.49. The highest BCUT2D eigenvalue weighted by molar-refractivity contribution is 7.18. The number of aryl methyl sites for hydroxylation is 1. The normalized spacial score (nSPS) is 12.7. The van der Waals surface area contributed by atoms with Gasteiger partial charge >= 0.3 is 0 Å². The van der Waals surface area contributed by atoms with Crippen LogP contribution in [0.3, 0.4) is 0 Å². The average molecular weight is 346 g/mol. The Bertz CT molecular complexity index is 1120. The molecule has 0 radical (unpaired) electrons. The molecule has 2 aromatic heterocycles. The number of nitrogens with zero attached hydrogens (tertiary/aromatic N) is 5. The predicted octanol–water partition coefficient (Wildman–Crippen LogP) is 3.77. The molecule has 0 saturated heterocycles. The Morgan fingerprint density at radius 3 is 3.08 bits per heavy atom. The Labute approximate surface area is 147 Å². The number of hydrogen-bond acceptors (Lipinski definition) is 6. The molecule has 0 fully saturated rings. The van der Waals surface area contributed by atoms with Gasteiger partial charge < -0.3 is 9.88 Å². The van der Waals surface area contributed by atoms with E-state index >= 15 is 0 Å². The highest BCUT2D eigenvalue weighted by atomic mass is 32.1. The first-order chi connectivity index (χ1) is 12.3. The number of para-hydroxylation sites is 1. The molecule has 0 saturated carbocycles. The number of nitrogens with one attached hydrogen (secondary N) is 1. The molecule has 4 aromatic rings. The lowest BCUT2D eigenvalue weighted by Crippen LogP contribution is -1.92. The lowest BCUT2D eigenvalue weighted by atomic mass is 10.1. The monoisotopic (exact) mass is 346 g/mol. The number of benzene rings is 2. The van der Waals surface area contributed by atoms with Gasteiger partial charge in [0, 0.05) is 24.5 Å². The molecule has 6 nitrogen and oxygen atoms in total. The number of hydrogen-bond donors (Lipinski definition) is 1. The Hall–Kier alpha value is -3.06. The van der Waals surface area contributed by atoms with Gasteiger partial charge in [-0.2, -0.15) is 0 Å². The Morgan fingerprint density at radius 1 is 1.16 bits per heavy atom. The summed E-state index contributed by atoms with van der Waals surface area (Å²) in [5.74, 6) is 0. The van der Waals surface area contributed by atoms with Crippen LogP contribution in [-0.2, 0) is 13.6 Å². The molecular formula is C18H14N6S. The summed E-state index contributed by atoms with van der Waals surface area (Å²) in [5.41, 5.74) is 6.44. The molecule has 0 bridgehead atoms. The molecule has 0 atom stereocenters. The molecule has 1 N–H and O–H groups in total. The van der Waals surface area contributed by atoms with Gasteiger partial charge in [0.2, 0.25) is 5.13 Å². The molecule has 0 amide bonds. The van der Waals surface area contributed by atoms with E-state index in [1.54, 1.807) is 0 Å². The summed E-state index contributed by atoms with van der Waals surface area (Å²) in [7, 11) is 1.99. The molecule has 3 heterocycles. The number of anilines is 2. The number of aliphatic imine (C=N–C) groups is 1. The zero-order valence-electron chi connectivity index (χ0n) is 13.5. The van der Waals surface area contributed by atoms with Gasteiger partial charge in [-0.15, -0.1) is 10.2 Å². The van der Waals surface area contributed by atoms with Crippen LogP contribution < -0.4 is 5.32 Å². The van der Waals surface area contributed by atoms with Crippen LogP contribution in [0.1, 0.15) is 11.1 Å². The van der Waals surface area contributed by atoms with Crippen molar-refractivity contribution in [1.29, 1.82) is 0 Å². The molecular weight excluding hydrogens is 332 g/mol. The van der Waals surface area contributed by atoms with Crippen molar-refractivity contribution in [2.45, 2.75) is 6.54 Å². The summed E-state index contributed by atoms with van der Waals surface area (Å²) >= 11 is 1.52. The summed E-state index contributed by atoms with van der Waals surface area (Å²) in [6, 6.07) is 12.3. The highest BCUT2D eigenvalue weighted by Crippen LogP contribution is 2.32. The summed E-state index contributed by atoms with van der Waals surface area (Å²) in [5, 5.41) is 13.6. The Balaban J connectivity index is 1.48. The molecule has 0 spiro atoms. The Kier molecular flexibility index (Phi) is 3.14. The van der Waals surface area contributed by atoms with Gasteiger partial charge in [-0.3, -0.25) is 4.99 Å². The molecule has 1 aliphatic heterocycles. The van der Waals surface area contributed by atoms with Crippen LogP contribution in [0.4, 0.5) is 10.8 Å². The van der Waals surface area contributed by atoms with E-state index in [0.717, 1.165) is 44.5 Å². The first-order valence-electron chi connectivity index (χ1n) is 7.91. The van der Waals surface area contributed by atoms with Crippen molar-refractivity contribution in [3.63, 3.8) is 0 Å². The van der Waals surface area contributed by atoms with E-state index in [2.05, 4.69) is 43.7 Å². The van der Waals surface area contributed by atoms with Gasteiger partial charge in [0.15, 0.2) is 5.01 Å². The maximum Gasteiger partial charge on any atom is 0.210 e. The van der Waals surface area contributed by atoms with Crippen molar-refractivity contribution < 1.29 is 0 Å². The van der Waals surface area contributed by atoms with Crippen molar-refractivity contribution in [2.24, 2.45) is 12.0 Å². The van der Waals surface area contributed by atoms with Crippen LogP contribution in [0.2, 0.25) is 0 Å². The third-order valence-corrected chi connectivity index (χ3v) is 5.17. The fourth-order valence-electron chi connectivity index (χ4n) is 3.02. The second kappa shape index (κ2) is 5.49. The van der Waals surface area contributed by atoms with Crippen molar-refractivity contribution in [1.82, 2.24) is 19.7 Å². The van der Waals surface area contributed by atoms with Crippen LogP contribution in [0.5, 0.6) is 0 Å². The molecule has 7 heteroatoms. The quantitative estimate of drug-likeness (QED) is 0.613. The Morgan fingerprint density at radius 2 is 2.12 bits per heavy atom. The lowest BCUT2D eigenvalue weighted by Gasteiger charge is -2.04. The summed E-state index contributed by atoms with van der Waals surface area (Å²) in [6.45, 7) is 0.770. The van der Waals surface area contributed by atoms with Gasteiger partial charge in [-0.05, 0) is 35.4 Å². The first-order valence-corrected chi connectivity index (χ1v) is 8.73. The minimum absolute atomic E-state index is 0.762. The predicted molar refractivity (Wildman–Crippen MR) is 101 cm³/mol. The number of aromatic nitrogens is 4. The first kappa shape index (κ1) is 14.3. The summed E-state index contributed by atoms with van der Waals surface area (Å²) in [6.07, 6.45) is 3.73. The number of fused-ring (bicyclic) bond motifs is 2. The van der Waals surface area contributed by atoms with Crippen LogP contribution in [-0.4, -0.2) is 26.0 Å². The minimum Gasteiger partial charge on any atom is -0.334 e. The SMILES string of the molecule is Cn1cnc2c(-c3nnc(Nc4ccc5c(c4)C=NC5)s3)cccc21. The molecule has 5 rings (SSSR count). The van der Waals surface area contributed by atoms with E-state index in [0.29, 0.717) is 0 Å². The summed E-state index contributed by atoms with van der Waals surface area (Å²) in [4.78, 5) is 8.78. The van der Waals surface area contributed by atoms with Crippen molar-refractivity contribution >= 4 is 39.4 Å². The topological polar surface area (TPSA) is 68.0 Å². The van der Waals surface area contributed by atoms with Gasteiger partial charge in [0.1, 0.15) is 0 Å². The van der Waals surface area contributed by atoms with Crippen LogP contribution >= 0.6 is 11.3 Å².